The highest BCUT2D eigenvalue weighted by atomic mass is 17.2. The summed E-state index contributed by atoms with van der Waals surface area (Å²) < 4.78 is 0. The fraction of sp³-hybridized carbons (Fsp3) is 0.571. The molecule has 0 amide bonds. The smallest absolute Gasteiger partial charge is 0.211 e. The maximum Gasteiger partial charge on any atom is 0.211 e. The average molecular weight is 254 g/mol. The Morgan fingerprint density at radius 3 is 1.28 bits per heavy atom. The molecule has 0 saturated heterocycles. The Hall–Kier alpha value is -1.26. The Labute approximate surface area is 109 Å². The van der Waals surface area contributed by atoms with Crippen molar-refractivity contribution in [2.24, 2.45) is 0 Å². The third kappa shape index (κ3) is 5.89. The lowest BCUT2D eigenvalue weighted by Crippen LogP contribution is -2.23. The van der Waals surface area contributed by atoms with Crippen LogP contribution < -0.4 is 9.78 Å². The molecule has 1 rings (SSSR count). The summed E-state index contributed by atoms with van der Waals surface area (Å²) in [6.07, 6.45) is 0. The van der Waals surface area contributed by atoms with E-state index < -0.39 is 11.2 Å². The van der Waals surface area contributed by atoms with Crippen LogP contribution in [-0.2, 0) is 9.78 Å². The molecule has 0 aromatic heterocycles. The minimum absolute atomic E-state index is 0.391. The van der Waals surface area contributed by atoms with Gasteiger partial charge in [-0.1, -0.05) is 12.1 Å². The summed E-state index contributed by atoms with van der Waals surface area (Å²) in [4.78, 5) is 21.0. The number of rotatable bonds is 4. The summed E-state index contributed by atoms with van der Waals surface area (Å²) >= 11 is 0. The van der Waals surface area contributed by atoms with Gasteiger partial charge in [-0.15, -0.1) is 0 Å². The quantitative estimate of drug-likeness (QED) is 0.603. The Morgan fingerprint density at radius 2 is 1.00 bits per heavy atom. The van der Waals surface area contributed by atoms with E-state index in [0.29, 0.717) is 11.5 Å². The highest BCUT2D eigenvalue weighted by molar-refractivity contribution is 5.38. The molecule has 1 aromatic rings. The van der Waals surface area contributed by atoms with E-state index in [0.717, 1.165) is 0 Å². The van der Waals surface area contributed by atoms with Crippen molar-refractivity contribution >= 4 is 0 Å². The second kappa shape index (κ2) is 5.59. The first-order chi connectivity index (χ1) is 8.17. The predicted molar refractivity (Wildman–Crippen MR) is 69.4 cm³/mol. The summed E-state index contributed by atoms with van der Waals surface area (Å²) in [5.41, 5.74) is -0.782. The van der Waals surface area contributed by atoms with Crippen LogP contribution in [0.5, 0.6) is 11.5 Å². The molecule has 102 valence electrons. The first-order valence-electron chi connectivity index (χ1n) is 5.98. The van der Waals surface area contributed by atoms with Crippen LogP contribution in [-0.4, -0.2) is 11.2 Å². The lowest BCUT2D eigenvalue weighted by Gasteiger charge is -2.21. The van der Waals surface area contributed by atoms with Gasteiger partial charge in [0.1, 0.15) is 11.2 Å². The summed E-state index contributed by atoms with van der Waals surface area (Å²) in [5, 5.41) is 0. The third-order valence-electron chi connectivity index (χ3n) is 1.61. The number of hydrogen-bond donors (Lipinski definition) is 0. The average Bonchev–Trinajstić information content (AvgIpc) is 2.22. The minimum Gasteiger partial charge on any atom is -0.333 e. The topological polar surface area (TPSA) is 36.9 Å². The maximum atomic E-state index is 5.26. The van der Waals surface area contributed by atoms with E-state index in [2.05, 4.69) is 0 Å². The zero-order chi connectivity index (χ0) is 13.8. The zero-order valence-electron chi connectivity index (χ0n) is 11.9. The van der Waals surface area contributed by atoms with Crippen LogP contribution in [0.1, 0.15) is 41.5 Å². The van der Waals surface area contributed by atoms with Crippen molar-refractivity contribution in [3.63, 3.8) is 0 Å². The molecule has 0 saturated carbocycles. The lowest BCUT2D eigenvalue weighted by molar-refractivity contribution is -0.292. The van der Waals surface area contributed by atoms with Gasteiger partial charge in [-0.25, -0.2) is 0 Å². The molecule has 0 unspecified atom stereocenters. The molecule has 4 nitrogen and oxygen atoms in total. The van der Waals surface area contributed by atoms with Crippen LogP contribution in [0.15, 0.2) is 24.3 Å². The van der Waals surface area contributed by atoms with Gasteiger partial charge in [-0.3, -0.25) is 0 Å². The van der Waals surface area contributed by atoms with Crippen molar-refractivity contribution in [2.45, 2.75) is 52.7 Å². The Morgan fingerprint density at radius 1 is 0.667 bits per heavy atom. The fourth-order valence-corrected chi connectivity index (χ4v) is 0.928. The molecule has 0 N–H and O–H groups in total. The molecule has 1 aromatic carbocycles. The van der Waals surface area contributed by atoms with Crippen molar-refractivity contribution in [1.82, 2.24) is 0 Å². The van der Waals surface area contributed by atoms with Crippen molar-refractivity contribution in [3.05, 3.63) is 24.3 Å². The van der Waals surface area contributed by atoms with Gasteiger partial charge < -0.3 is 9.78 Å². The van der Waals surface area contributed by atoms with E-state index in [-0.39, 0.29) is 0 Å². The third-order valence-corrected chi connectivity index (χ3v) is 1.61. The van der Waals surface area contributed by atoms with Crippen molar-refractivity contribution < 1.29 is 19.6 Å². The SMILES string of the molecule is CC(C)(C)OOc1ccccc1OOC(C)(C)C. The minimum atomic E-state index is -0.391. The zero-order valence-corrected chi connectivity index (χ0v) is 11.9. The molecule has 4 heteroatoms. The fourth-order valence-electron chi connectivity index (χ4n) is 0.928. The van der Waals surface area contributed by atoms with Gasteiger partial charge >= 0.3 is 0 Å². The molecule has 0 spiro atoms. The van der Waals surface area contributed by atoms with Crippen LogP contribution in [0.25, 0.3) is 0 Å². The Kier molecular flexibility index (Phi) is 4.59. The number of hydrogen-bond acceptors (Lipinski definition) is 4. The van der Waals surface area contributed by atoms with Crippen LogP contribution in [0.2, 0.25) is 0 Å². The molecule has 0 atom stereocenters. The molecular weight excluding hydrogens is 232 g/mol. The second-order valence-electron chi connectivity index (χ2n) is 6.00. The van der Waals surface area contributed by atoms with Gasteiger partial charge in [0.2, 0.25) is 11.5 Å². The standard InChI is InChI=1S/C14H22O4/c1-13(2,3)17-15-11-9-7-8-10-12(11)16-18-14(4,5)6/h7-10H,1-6H3. The summed E-state index contributed by atoms with van der Waals surface area (Å²) in [6.45, 7) is 11.4. The number of benzene rings is 1. The van der Waals surface area contributed by atoms with Crippen LogP contribution in [0.4, 0.5) is 0 Å². The van der Waals surface area contributed by atoms with Gasteiger partial charge in [0.15, 0.2) is 0 Å². The van der Waals surface area contributed by atoms with Crippen LogP contribution in [0.3, 0.4) is 0 Å². The van der Waals surface area contributed by atoms with Gasteiger partial charge in [0.05, 0.1) is 0 Å². The molecule has 0 aliphatic rings. The monoisotopic (exact) mass is 254 g/mol. The van der Waals surface area contributed by atoms with Crippen molar-refractivity contribution in [3.8, 4) is 11.5 Å². The molecule has 0 fully saturated rings. The molecular formula is C14H22O4. The molecule has 0 radical (unpaired) electrons. The summed E-state index contributed by atoms with van der Waals surface area (Å²) in [6, 6.07) is 7.19. The van der Waals surface area contributed by atoms with E-state index in [4.69, 9.17) is 19.6 Å². The van der Waals surface area contributed by atoms with Crippen molar-refractivity contribution in [2.75, 3.05) is 0 Å². The molecule has 0 heterocycles. The van der Waals surface area contributed by atoms with E-state index in [9.17, 15) is 0 Å². The normalized spacial score (nSPS) is 12.3. The first kappa shape index (κ1) is 14.8. The summed E-state index contributed by atoms with van der Waals surface area (Å²) in [7, 11) is 0. The highest BCUT2D eigenvalue weighted by Crippen LogP contribution is 2.29. The molecule has 0 bridgehead atoms. The van der Waals surface area contributed by atoms with Crippen LogP contribution in [0, 0.1) is 0 Å². The van der Waals surface area contributed by atoms with E-state index >= 15 is 0 Å². The van der Waals surface area contributed by atoms with Gasteiger partial charge in [0, 0.05) is 0 Å². The maximum absolute atomic E-state index is 5.26. The first-order valence-corrected chi connectivity index (χ1v) is 5.98. The molecule has 18 heavy (non-hydrogen) atoms. The van der Waals surface area contributed by atoms with Gasteiger partial charge in [0.25, 0.3) is 0 Å². The highest BCUT2D eigenvalue weighted by Gasteiger charge is 2.17. The molecule has 0 aliphatic heterocycles. The van der Waals surface area contributed by atoms with Gasteiger partial charge in [-0.05, 0) is 53.7 Å². The van der Waals surface area contributed by atoms with E-state index in [1.165, 1.54) is 0 Å². The summed E-state index contributed by atoms with van der Waals surface area (Å²) in [5.74, 6) is 0.966. The lowest BCUT2D eigenvalue weighted by atomic mass is 10.2. The van der Waals surface area contributed by atoms with Gasteiger partial charge in [-0.2, -0.15) is 9.78 Å². The van der Waals surface area contributed by atoms with Crippen molar-refractivity contribution in [1.29, 1.82) is 0 Å². The van der Waals surface area contributed by atoms with Crippen LogP contribution >= 0.6 is 0 Å². The Bertz CT molecular complexity index is 337. The van der Waals surface area contributed by atoms with E-state index in [1.54, 1.807) is 12.1 Å². The largest absolute Gasteiger partial charge is 0.333 e. The molecule has 0 aliphatic carbocycles. The second-order valence-corrected chi connectivity index (χ2v) is 6.00. The predicted octanol–water partition coefficient (Wildman–Crippen LogP) is 3.90. The Balaban J connectivity index is 2.68. The number of para-hydroxylation sites is 2. The van der Waals surface area contributed by atoms with E-state index in [1.807, 2.05) is 53.7 Å².